The van der Waals surface area contributed by atoms with Gasteiger partial charge in [-0.15, -0.1) is 0 Å². The first-order valence-corrected chi connectivity index (χ1v) is 10.3. The highest BCUT2D eigenvalue weighted by Gasteiger charge is 2.28. The lowest BCUT2D eigenvalue weighted by Crippen LogP contribution is -2.27. The average Bonchev–Trinajstić information content (AvgIpc) is 3.10. The first-order valence-electron chi connectivity index (χ1n) is 10.3. The Labute approximate surface area is 185 Å². The zero-order valence-electron chi connectivity index (χ0n) is 18.1. The molecule has 2 heterocycles. The molecular formula is C26H22N2O4. The Morgan fingerprint density at radius 1 is 1.09 bits per heavy atom. The third kappa shape index (κ3) is 3.48. The number of rotatable bonds is 5. The maximum Gasteiger partial charge on any atom is 0.271 e. The van der Waals surface area contributed by atoms with E-state index in [2.05, 4.69) is 0 Å². The fourth-order valence-corrected chi connectivity index (χ4v) is 3.98. The number of aromatic hydroxyl groups is 1. The maximum atomic E-state index is 13.5. The number of nitriles is 1. The number of benzene rings is 2. The number of ketones is 1. The van der Waals surface area contributed by atoms with Crippen molar-refractivity contribution in [2.24, 2.45) is 0 Å². The number of carbonyl (C=O) groups excluding carboxylic acids is 1. The van der Waals surface area contributed by atoms with Crippen LogP contribution in [0, 0.1) is 32.1 Å². The molecule has 0 aliphatic carbocycles. The number of carbonyl (C=O) groups is 1. The molecule has 2 aromatic heterocycles. The minimum absolute atomic E-state index is 0.0844. The molecule has 4 rings (SSSR count). The van der Waals surface area contributed by atoms with E-state index in [0.717, 1.165) is 21.1 Å². The topological polar surface area (TPSA) is 96.2 Å². The van der Waals surface area contributed by atoms with E-state index < -0.39 is 17.2 Å². The highest BCUT2D eigenvalue weighted by molar-refractivity contribution is 6.12. The van der Waals surface area contributed by atoms with E-state index in [1.54, 1.807) is 13.0 Å². The van der Waals surface area contributed by atoms with Gasteiger partial charge < -0.3 is 9.52 Å². The number of fused-ring (bicyclic) bond motifs is 1. The second-order valence-corrected chi connectivity index (χ2v) is 7.89. The van der Waals surface area contributed by atoms with Gasteiger partial charge in [-0.1, -0.05) is 42.0 Å². The van der Waals surface area contributed by atoms with E-state index >= 15 is 0 Å². The monoisotopic (exact) mass is 426 g/mol. The summed E-state index contributed by atoms with van der Waals surface area (Å²) >= 11 is 0. The Morgan fingerprint density at radius 2 is 1.81 bits per heavy atom. The van der Waals surface area contributed by atoms with Crippen molar-refractivity contribution in [2.75, 3.05) is 0 Å². The molecule has 0 aliphatic rings. The summed E-state index contributed by atoms with van der Waals surface area (Å²) in [7, 11) is 0. The third-order valence-electron chi connectivity index (χ3n) is 5.79. The Hall–Kier alpha value is -4.11. The summed E-state index contributed by atoms with van der Waals surface area (Å²) < 4.78 is 6.91. The Bertz CT molecular complexity index is 1450. The molecule has 0 atom stereocenters. The van der Waals surface area contributed by atoms with E-state index in [0.29, 0.717) is 17.6 Å². The molecule has 0 amide bonds. The molecule has 32 heavy (non-hydrogen) atoms. The van der Waals surface area contributed by atoms with E-state index in [4.69, 9.17) is 4.42 Å². The lowest BCUT2D eigenvalue weighted by molar-refractivity contribution is 0.101. The Kier molecular flexibility index (Phi) is 5.41. The van der Waals surface area contributed by atoms with Crippen LogP contribution in [-0.4, -0.2) is 15.5 Å². The predicted octanol–water partition coefficient (Wildman–Crippen LogP) is 4.57. The summed E-state index contributed by atoms with van der Waals surface area (Å²) in [5.41, 5.74) is 2.48. The normalized spacial score (nSPS) is 10.9. The third-order valence-corrected chi connectivity index (χ3v) is 5.79. The zero-order valence-corrected chi connectivity index (χ0v) is 18.1. The van der Waals surface area contributed by atoms with Gasteiger partial charge in [-0.2, -0.15) is 5.26 Å². The molecule has 1 N–H and O–H groups in total. The van der Waals surface area contributed by atoms with Gasteiger partial charge in [0.1, 0.15) is 17.2 Å². The molecule has 0 fully saturated rings. The maximum absolute atomic E-state index is 13.5. The van der Waals surface area contributed by atoms with E-state index in [9.17, 15) is 20.0 Å². The highest BCUT2D eigenvalue weighted by Crippen LogP contribution is 2.31. The van der Waals surface area contributed by atoms with Gasteiger partial charge in [-0.25, -0.2) is 0 Å². The fourth-order valence-electron chi connectivity index (χ4n) is 3.98. The molecule has 160 valence electrons. The lowest BCUT2D eigenvalue weighted by Gasteiger charge is -2.15. The lowest BCUT2D eigenvalue weighted by atomic mass is 9.98. The van der Waals surface area contributed by atoms with Gasteiger partial charge >= 0.3 is 0 Å². The Balaban J connectivity index is 1.85. The van der Waals surface area contributed by atoms with Crippen LogP contribution < -0.4 is 5.56 Å². The van der Waals surface area contributed by atoms with Crippen LogP contribution in [0.25, 0.3) is 11.0 Å². The van der Waals surface area contributed by atoms with Crippen molar-refractivity contribution in [1.82, 2.24) is 4.57 Å². The van der Waals surface area contributed by atoms with Gasteiger partial charge in [0, 0.05) is 17.5 Å². The molecule has 0 bridgehead atoms. The second-order valence-electron chi connectivity index (χ2n) is 7.89. The van der Waals surface area contributed by atoms with Gasteiger partial charge in [0.2, 0.25) is 11.7 Å². The van der Waals surface area contributed by atoms with Crippen LogP contribution in [0.2, 0.25) is 0 Å². The van der Waals surface area contributed by atoms with Crippen LogP contribution >= 0.6 is 0 Å². The van der Waals surface area contributed by atoms with Gasteiger partial charge in [0.25, 0.3) is 5.56 Å². The Morgan fingerprint density at radius 3 is 2.50 bits per heavy atom. The van der Waals surface area contributed by atoms with Crippen molar-refractivity contribution in [3.05, 3.63) is 98.0 Å². The number of hydrogen-bond donors (Lipinski definition) is 1. The van der Waals surface area contributed by atoms with Crippen LogP contribution in [0.15, 0.2) is 57.7 Å². The molecular weight excluding hydrogens is 404 g/mol. The molecule has 6 nitrogen and oxygen atoms in total. The van der Waals surface area contributed by atoms with Crippen LogP contribution in [0.4, 0.5) is 0 Å². The molecule has 0 saturated carbocycles. The summed E-state index contributed by atoms with van der Waals surface area (Å²) in [6.45, 7) is 5.35. The highest BCUT2D eigenvalue weighted by atomic mass is 16.3. The molecule has 4 aromatic rings. The molecule has 0 spiro atoms. The standard InChI is InChI=1S/C26H22N2O4/c1-15-9-10-21-19(13-15)17(3)24(32-21)23(29)22-16(2)20(14-27)25(30)28(26(22)31)12-11-18-7-5-4-6-8-18/h4-10,13,31H,11-12H2,1-3H3. The summed E-state index contributed by atoms with van der Waals surface area (Å²) in [6.07, 6.45) is 0.457. The number of aryl methyl sites for hydroxylation is 3. The van der Waals surface area contributed by atoms with Gasteiger partial charge in [-0.05, 0) is 50.5 Å². The smallest absolute Gasteiger partial charge is 0.271 e. The average molecular weight is 426 g/mol. The van der Waals surface area contributed by atoms with Crippen molar-refractivity contribution in [1.29, 1.82) is 5.26 Å². The van der Waals surface area contributed by atoms with E-state index in [1.807, 2.05) is 55.5 Å². The van der Waals surface area contributed by atoms with Crippen molar-refractivity contribution >= 4 is 16.8 Å². The number of aromatic nitrogens is 1. The molecule has 6 heteroatoms. The fraction of sp³-hybridized carbons (Fsp3) is 0.192. The van der Waals surface area contributed by atoms with Gasteiger partial charge in [0.05, 0.1) is 5.56 Å². The van der Waals surface area contributed by atoms with Gasteiger partial charge in [0.15, 0.2) is 5.76 Å². The number of pyridine rings is 1. The first kappa shape index (κ1) is 21.1. The molecule has 0 radical (unpaired) electrons. The minimum Gasteiger partial charge on any atom is -0.494 e. The quantitative estimate of drug-likeness (QED) is 0.472. The van der Waals surface area contributed by atoms with Crippen LogP contribution in [0.1, 0.15) is 43.9 Å². The van der Waals surface area contributed by atoms with Crippen molar-refractivity contribution in [2.45, 2.75) is 33.7 Å². The number of nitrogens with zero attached hydrogens (tertiary/aromatic N) is 2. The van der Waals surface area contributed by atoms with E-state index in [-0.39, 0.29) is 29.0 Å². The number of hydrogen-bond acceptors (Lipinski definition) is 5. The predicted molar refractivity (Wildman–Crippen MR) is 121 cm³/mol. The zero-order chi connectivity index (χ0) is 23.0. The summed E-state index contributed by atoms with van der Waals surface area (Å²) in [4.78, 5) is 26.4. The molecule has 2 aromatic carbocycles. The largest absolute Gasteiger partial charge is 0.494 e. The number of furan rings is 1. The first-order chi connectivity index (χ1) is 15.3. The molecule has 0 saturated heterocycles. The van der Waals surface area contributed by atoms with Crippen molar-refractivity contribution in [3.8, 4) is 11.9 Å². The minimum atomic E-state index is -0.619. The van der Waals surface area contributed by atoms with Gasteiger partial charge in [-0.3, -0.25) is 14.2 Å². The summed E-state index contributed by atoms with van der Waals surface area (Å²) in [5.74, 6) is -0.930. The van der Waals surface area contributed by atoms with Crippen molar-refractivity contribution < 1.29 is 14.3 Å². The van der Waals surface area contributed by atoms with E-state index in [1.165, 1.54) is 6.92 Å². The SMILES string of the molecule is Cc1ccc2oc(C(=O)c3c(C)c(C#N)c(=O)n(CCc4ccccc4)c3O)c(C)c2c1. The molecule has 0 unspecified atom stereocenters. The van der Waals surface area contributed by atoms with Crippen LogP contribution in [0.3, 0.4) is 0 Å². The van der Waals surface area contributed by atoms with Crippen LogP contribution in [-0.2, 0) is 13.0 Å². The molecule has 0 aliphatic heterocycles. The van der Waals surface area contributed by atoms with Crippen LogP contribution in [0.5, 0.6) is 5.88 Å². The second kappa shape index (κ2) is 8.20. The summed E-state index contributed by atoms with van der Waals surface area (Å²) in [6, 6.07) is 17.0. The van der Waals surface area contributed by atoms with Crippen molar-refractivity contribution in [3.63, 3.8) is 0 Å². The summed E-state index contributed by atoms with van der Waals surface area (Å²) in [5, 5.41) is 21.4.